The summed E-state index contributed by atoms with van der Waals surface area (Å²) in [4.78, 5) is 32.5. The predicted molar refractivity (Wildman–Crippen MR) is 75.2 cm³/mol. The van der Waals surface area contributed by atoms with Crippen LogP contribution in [-0.2, 0) is 6.42 Å². The van der Waals surface area contributed by atoms with E-state index in [9.17, 15) is 9.59 Å². The molecule has 1 aliphatic rings. The van der Waals surface area contributed by atoms with E-state index in [2.05, 4.69) is 15.3 Å². The molecule has 0 saturated heterocycles. The molecule has 1 aliphatic carbocycles. The second-order valence-electron chi connectivity index (χ2n) is 5.32. The van der Waals surface area contributed by atoms with Crippen LogP contribution in [0.1, 0.15) is 45.6 Å². The highest BCUT2D eigenvalue weighted by Crippen LogP contribution is 2.26. The van der Waals surface area contributed by atoms with Crippen molar-refractivity contribution in [1.29, 1.82) is 0 Å². The van der Waals surface area contributed by atoms with E-state index in [1.165, 1.54) is 6.26 Å². The molecule has 0 aromatic carbocycles. The average molecular weight is 285 g/mol. The molecule has 1 atom stereocenters. The van der Waals surface area contributed by atoms with Crippen molar-refractivity contribution in [2.24, 2.45) is 5.92 Å². The van der Waals surface area contributed by atoms with E-state index in [1.807, 2.05) is 6.92 Å². The third kappa shape index (κ3) is 2.56. The summed E-state index contributed by atoms with van der Waals surface area (Å²) in [6.45, 7) is 3.77. The van der Waals surface area contributed by atoms with Gasteiger partial charge in [-0.3, -0.25) is 14.9 Å². The van der Waals surface area contributed by atoms with Crippen LogP contribution in [0, 0.1) is 12.8 Å². The Bertz CT molecular complexity index is 707. The summed E-state index contributed by atoms with van der Waals surface area (Å²) >= 11 is 0. The number of furan rings is 1. The minimum absolute atomic E-state index is 0.0742. The molecule has 0 saturated carbocycles. The van der Waals surface area contributed by atoms with Crippen LogP contribution in [-0.4, -0.2) is 21.7 Å². The third-order valence-electron chi connectivity index (χ3n) is 3.49. The Morgan fingerprint density at radius 2 is 2.19 bits per heavy atom. The molecule has 2 aromatic rings. The largest absolute Gasteiger partial charge is 0.459 e. The Morgan fingerprint density at radius 3 is 2.90 bits per heavy atom. The molecule has 0 radical (unpaired) electrons. The maximum Gasteiger partial charge on any atom is 0.293 e. The number of hydrogen-bond acceptors (Lipinski definition) is 5. The lowest BCUT2D eigenvalue weighted by Gasteiger charge is -2.21. The van der Waals surface area contributed by atoms with Gasteiger partial charge in [-0.1, -0.05) is 6.92 Å². The van der Waals surface area contributed by atoms with E-state index in [1.54, 1.807) is 19.1 Å². The van der Waals surface area contributed by atoms with Crippen LogP contribution in [0.15, 0.2) is 22.8 Å². The number of anilines is 1. The maximum atomic E-state index is 12.1. The molecule has 0 bridgehead atoms. The highest BCUT2D eigenvalue weighted by atomic mass is 16.3. The summed E-state index contributed by atoms with van der Waals surface area (Å²) in [5.41, 5.74) is 1.91. The van der Waals surface area contributed by atoms with Crippen LogP contribution < -0.4 is 5.32 Å². The van der Waals surface area contributed by atoms with Crippen molar-refractivity contribution in [2.45, 2.75) is 26.7 Å². The molecule has 0 unspecified atom stereocenters. The molecular weight excluding hydrogens is 270 g/mol. The molecule has 0 aliphatic heterocycles. The topological polar surface area (TPSA) is 85.1 Å². The Balaban J connectivity index is 1.91. The van der Waals surface area contributed by atoms with E-state index in [0.717, 1.165) is 0 Å². The first-order valence-electron chi connectivity index (χ1n) is 6.80. The van der Waals surface area contributed by atoms with E-state index >= 15 is 0 Å². The minimum atomic E-state index is -0.408. The zero-order valence-electron chi connectivity index (χ0n) is 11.8. The first-order chi connectivity index (χ1) is 10.0. The highest BCUT2D eigenvalue weighted by molar-refractivity contribution is 6.02. The molecule has 2 aromatic heterocycles. The standard InChI is InChI=1S/C15H15N3O3/c1-8-6-10-13(11(19)7-8)9(2)16-15(17-10)18-14(20)12-4-3-5-21-12/h3-5,8H,6-7H2,1-2H3,(H,16,17,18,20)/t8-/m1/s1. The van der Waals surface area contributed by atoms with E-state index in [0.29, 0.717) is 29.8 Å². The number of nitrogens with zero attached hydrogens (tertiary/aromatic N) is 2. The second kappa shape index (κ2) is 5.12. The Hall–Kier alpha value is -2.50. The average Bonchev–Trinajstić information content (AvgIpc) is 2.90. The summed E-state index contributed by atoms with van der Waals surface area (Å²) < 4.78 is 5.02. The maximum absolute atomic E-state index is 12.1. The summed E-state index contributed by atoms with van der Waals surface area (Å²) in [6.07, 6.45) is 2.66. The van der Waals surface area contributed by atoms with Gasteiger partial charge in [0, 0.05) is 6.42 Å². The van der Waals surface area contributed by atoms with E-state index < -0.39 is 5.91 Å². The van der Waals surface area contributed by atoms with Crippen molar-refractivity contribution >= 4 is 17.6 Å². The summed E-state index contributed by atoms with van der Waals surface area (Å²) in [5.74, 6) is 0.320. The smallest absolute Gasteiger partial charge is 0.293 e. The van der Waals surface area contributed by atoms with Gasteiger partial charge in [0.05, 0.1) is 23.2 Å². The van der Waals surface area contributed by atoms with Gasteiger partial charge in [0.15, 0.2) is 11.5 Å². The van der Waals surface area contributed by atoms with Crippen LogP contribution >= 0.6 is 0 Å². The number of ketones is 1. The molecule has 2 heterocycles. The minimum Gasteiger partial charge on any atom is -0.459 e. The Morgan fingerprint density at radius 1 is 1.38 bits per heavy atom. The van der Waals surface area contributed by atoms with Crippen LogP contribution in [0.4, 0.5) is 5.95 Å². The fourth-order valence-corrected chi connectivity index (χ4v) is 2.59. The SMILES string of the molecule is Cc1nc(NC(=O)c2ccco2)nc2c1C(=O)C[C@H](C)C2. The third-order valence-corrected chi connectivity index (χ3v) is 3.49. The van der Waals surface area contributed by atoms with Crippen molar-refractivity contribution in [3.05, 3.63) is 41.1 Å². The van der Waals surface area contributed by atoms with Crippen LogP contribution in [0.5, 0.6) is 0 Å². The second-order valence-corrected chi connectivity index (χ2v) is 5.32. The molecule has 0 fully saturated rings. The molecule has 21 heavy (non-hydrogen) atoms. The number of nitrogens with one attached hydrogen (secondary N) is 1. The van der Waals surface area contributed by atoms with E-state index in [-0.39, 0.29) is 23.4 Å². The molecule has 1 amide bonds. The first-order valence-corrected chi connectivity index (χ1v) is 6.80. The summed E-state index contributed by atoms with van der Waals surface area (Å²) in [6, 6.07) is 3.19. The molecule has 1 N–H and O–H groups in total. The van der Waals surface area contributed by atoms with E-state index in [4.69, 9.17) is 4.42 Å². The van der Waals surface area contributed by atoms with Crippen LogP contribution in [0.3, 0.4) is 0 Å². The molecule has 108 valence electrons. The van der Waals surface area contributed by atoms with Gasteiger partial charge in [0.25, 0.3) is 5.91 Å². The number of hydrogen-bond donors (Lipinski definition) is 1. The number of carbonyl (C=O) groups is 2. The Labute approximate surface area is 121 Å². The molecule has 6 nitrogen and oxygen atoms in total. The molecule has 0 spiro atoms. The van der Waals surface area contributed by atoms with Gasteiger partial charge in [-0.05, 0) is 31.4 Å². The van der Waals surface area contributed by atoms with Gasteiger partial charge >= 0.3 is 0 Å². The number of rotatable bonds is 2. The summed E-state index contributed by atoms with van der Waals surface area (Å²) in [5, 5.41) is 2.60. The highest BCUT2D eigenvalue weighted by Gasteiger charge is 2.27. The summed E-state index contributed by atoms with van der Waals surface area (Å²) in [7, 11) is 0. The lowest BCUT2D eigenvalue weighted by Crippen LogP contribution is -2.23. The molecule has 3 rings (SSSR count). The van der Waals surface area contributed by atoms with Gasteiger partial charge in [-0.2, -0.15) is 0 Å². The zero-order valence-corrected chi connectivity index (χ0v) is 11.8. The lowest BCUT2D eigenvalue weighted by atomic mass is 9.86. The molecule has 6 heteroatoms. The van der Waals surface area contributed by atoms with Gasteiger partial charge in [-0.15, -0.1) is 0 Å². The number of amides is 1. The lowest BCUT2D eigenvalue weighted by molar-refractivity contribution is 0.0950. The van der Waals surface area contributed by atoms with Crippen LogP contribution in [0.25, 0.3) is 0 Å². The van der Waals surface area contributed by atoms with Gasteiger partial charge in [0.2, 0.25) is 5.95 Å². The van der Waals surface area contributed by atoms with Crippen molar-refractivity contribution in [3.8, 4) is 0 Å². The van der Waals surface area contributed by atoms with Crippen molar-refractivity contribution in [3.63, 3.8) is 0 Å². The van der Waals surface area contributed by atoms with Gasteiger partial charge < -0.3 is 4.42 Å². The molecular formula is C15H15N3O3. The Kier molecular flexibility index (Phi) is 3.29. The van der Waals surface area contributed by atoms with Crippen LogP contribution in [0.2, 0.25) is 0 Å². The van der Waals surface area contributed by atoms with Gasteiger partial charge in [-0.25, -0.2) is 9.97 Å². The zero-order chi connectivity index (χ0) is 15.0. The number of aromatic nitrogens is 2. The normalized spacial score (nSPS) is 17.4. The van der Waals surface area contributed by atoms with Crippen molar-refractivity contribution in [2.75, 3.05) is 5.32 Å². The number of aryl methyl sites for hydroxylation is 1. The number of carbonyl (C=O) groups excluding carboxylic acids is 2. The predicted octanol–water partition coefficient (Wildman–Crippen LogP) is 2.40. The fourth-order valence-electron chi connectivity index (χ4n) is 2.59. The first kappa shape index (κ1) is 13.5. The quantitative estimate of drug-likeness (QED) is 0.915. The number of Topliss-reactive ketones (excluding diaryl/α,β-unsaturated/α-hetero) is 1. The fraction of sp³-hybridized carbons (Fsp3) is 0.333. The number of fused-ring (bicyclic) bond motifs is 1. The van der Waals surface area contributed by atoms with Gasteiger partial charge in [0.1, 0.15) is 0 Å². The monoisotopic (exact) mass is 285 g/mol. The van der Waals surface area contributed by atoms with Crippen molar-refractivity contribution in [1.82, 2.24) is 9.97 Å². The van der Waals surface area contributed by atoms with Crippen molar-refractivity contribution < 1.29 is 14.0 Å².